The molecule has 0 radical (unpaired) electrons. The van der Waals surface area contributed by atoms with Crippen LogP contribution < -0.4 is 9.64 Å². The number of thiocarbonyl (C=S) groups is 1. The lowest BCUT2D eigenvalue weighted by atomic mass is 10.1. The summed E-state index contributed by atoms with van der Waals surface area (Å²) in [5, 5.41) is 0.587. The predicted molar refractivity (Wildman–Crippen MR) is 109 cm³/mol. The highest BCUT2D eigenvalue weighted by Crippen LogP contribution is 2.38. The Balaban J connectivity index is 1.99. The molecule has 128 valence electrons. The van der Waals surface area contributed by atoms with Gasteiger partial charge in [0.2, 0.25) is 0 Å². The minimum Gasteiger partial charge on any atom is -0.493 e. The average molecular weight is 390 g/mol. The van der Waals surface area contributed by atoms with Crippen molar-refractivity contribution in [3.05, 3.63) is 63.5 Å². The van der Waals surface area contributed by atoms with Crippen LogP contribution >= 0.6 is 35.6 Å². The molecule has 0 spiro atoms. The van der Waals surface area contributed by atoms with Gasteiger partial charge in [-0.3, -0.25) is 9.69 Å². The molecule has 0 N–H and O–H groups in total. The van der Waals surface area contributed by atoms with Crippen molar-refractivity contribution in [2.75, 3.05) is 11.5 Å². The van der Waals surface area contributed by atoms with E-state index in [1.807, 2.05) is 38.1 Å². The largest absolute Gasteiger partial charge is 0.493 e. The molecule has 0 unspecified atom stereocenters. The Morgan fingerprint density at radius 2 is 2.04 bits per heavy atom. The lowest BCUT2D eigenvalue weighted by Gasteiger charge is -2.16. The Bertz CT molecular complexity index is 879. The van der Waals surface area contributed by atoms with Gasteiger partial charge in [-0.15, -0.1) is 0 Å². The molecule has 0 bridgehead atoms. The highest BCUT2D eigenvalue weighted by atomic mass is 35.5. The van der Waals surface area contributed by atoms with Gasteiger partial charge in [0.15, 0.2) is 4.32 Å². The van der Waals surface area contributed by atoms with Crippen LogP contribution in [0.15, 0.2) is 47.4 Å². The van der Waals surface area contributed by atoms with Crippen molar-refractivity contribution in [3.8, 4) is 5.75 Å². The van der Waals surface area contributed by atoms with Gasteiger partial charge in [-0.1, -0.05) is 53.8 Å². The number of carbonyl (C=O) groups is 1. The van der Waals surface area contributed by atoms with Crippen molar-refractivity contribution in [2.24, 2.45) is 0 Å². The monoisotopic (exact) mass is 389 g/mol. The van der Waals surface area contributed by atoms with E-state index in [0.29, 0.717) is 26.6 Å². The molecule has 1 amide bonds. The second-order valence-electron chi connectivity index (χ2n) is 5.42. The zero-order valence-corrected chi connectivity index (χ0v) is 16.2. The molecule has 2 aromatic rings. The number of para-hydroxylation sites is 1. The summed E-state index contributed by atoms with van der Waals surface area (Å²) < 4.78 is 6.14. The Hall–Kier alpha value is -1.82. The molecule has 0 aliphatic carbocycles. The Labute approximate surface area is 161 Å². The first kappa shape index (κ1) is 18.0. The summed E-state index contributed by atoms with van der Waals surface area (Å²) in [5.41, 5.74) is 2.57. The maximum absolute atomic E-state index is 12.9. The second-order valence-corrected chi connectivity index (χ2v) is 7.53. The van der Waals surface area contributed by atoms with Gasteiger partial charge in [0.05, 0.1) is 17.2 Å². The standard InChI is InChI=1S/C19H16ClNO2S2/c1-3-23-16-9-8-14(20)10-13(16)11-17-18(22)21(19(24)25-17)15-7-5-4-6-12(15)2/h4-11H,3H2,1-2H3/b17-11-. The van der Waals surface area contributed by atoms with Gasteiger partial charge < -0.3 is 4.74 Å². The Morgan fingerprint density at radius 3 is 2.76 bits per heavy atom. The molecule has 3 rings (SSSR count). The van der Waals surface area contributed by atoms with E-state index in [0.717, 1.165) is 16.8 Å². The molecule has 2 aromatic carbocycles. The zero-order chi connectivity index (χ0) is 18.0. The van der Waals surface area contributed by atoms with E-state index in [1.165, 1.54) is 11.8 Å². The summed E-state index contributed by atoms with van der Waals surface area (Å²) in [6.45, 7) is 4.41. The van der Waals surface area contributed by atoms with Crippen LogP contribution in [0.3, 0.4) is 0 Å². The molecule has 1 saturated heterocycles. The predicted octanol–water partition coefficient (Wildman–Crippen LogP) is 5.45. The molecule has 1 heterocycles. The first-order valence-corrected chi connectivity index (χ1v) is 9.37. The number of hydrogen-bond acceptors (Lipinski definition) is 4. The second kappa shape index (κ2) is 7.60. The number of thioether (sulfide) groups is 1. The van der Waals surface area contributed by atoms with E-state index in [2.05, 4.69) is 0 Å². The highest BCUT2D eigenvalue weighted by Gasteiger charge is 2.34. The summed E-state index contributed by atoms with van der Waals surface area (Å²) in [5.74, 6) is 0.555. The van der Waals surface area contributed by atoms with Crippen LogP contribution in [-0.2, 0) is 4.79 Å². The number of ether oxygens (including phenoxy) is 1. The van der Waals surface area contributed by atoms with Crippen LogP contribution in [-0.4, -0.2) is 16.8 Å². The van der Waals surface area contributed by atoms with Crippen LogP contribution in [0.5, 0.6) is 5.75 Å². The van der Waals surface area contributed by atoms with Gasteiger partial charge in [-0.05, 0) is 49.8 Å². The number of nitrogens with zero attached hydrogens (tertiary/aromatic N) is 1. The number of aryl methyl sites for hydroxylation is 1. The lowest BCUT2D eigenvalue weighted by molar-refractivity contribution is -0.113. The molecule has 1 aliphatic rings. The summed E-state index contributed by atoms with van der Waals surface area (Å²) in [6.07, 6.45) is 1.79. The summed E-state index contributed by atoms with van der Waals surface area (Å²) in [7, 11) is 0. The van der Waals surface area contributed by atoms with Crippen molar-refractivity contribution in [2.45, 2.75) is 13.8 Å². The van der Waals surface area contributed by atoms with Crippen molar-refractivity contribution >= 4 is 57.6 Å². The van der Waals surface area contributed by atoms with Gasteiger partial charge >= 0.3 is 0 Å². The third-order valence-corrected chi connectivity index (χ3v) is 5.25. The Morgan fingerprint density at radius 1 is 1.28 bits per heavy atom. The minimum absolute atomic E-state index is 0.133. The normalized spacial score (nSPS) is 16.0. The highest BCUT2D eigenvalue weighted by molar-refractivity contribution is 8.27. The molecular weight excluding hydrogens is 374 g/mol. The average Bonchev–Trinajstić information content (AvgIpc) is 2.85. The van der Waals surface area contributed by atoms with Gasteiger partial charge in [0.1, 0.15) is 5.75 Å². The number of benzene rings is 2. The van der Waals surface area contributed by atoms with Gasteiger partial charge in [0, 0.05) is 10.6 Å². The molecule has 0 saturated carbocycles. The number of anilines is 1. The number of rotatable bonds is 4. The van der Waals surface area contributed by atoms with Crippen LogP contribution in [0, 0.1) is 6.92 Å². The smallest absolute Gasteiger partial charge is 0.270 e. The molecule has 25 heavy (non-hydrogen) atoms. The maximum Gasteiger partial charge on any atom is 0.270 e. The van der Waals surface area contributed by atoms with E-state index < -0.39 is 0 Å². The van der Waals surface area contributed by atoms with Gasteiger partial charge in [-0.2, -0.15) is 0 Å². The first-order chi connectivity index (χ1) is 12.0. The van der Waals surface area contributed by atoms with Crippen molar-refractivity contribution < 1.29 is 9.53 Å². The van der Waals surface area contributed by atoms with Gasteiger partial charge in [0.25, 0.3) is 5.91 Å². The van der Waals surface area contributed by atoms with Crippen LogP contribution in [0.25, 0.3) is 6.08 Å². The zero-order valence-electron chi connectivity index (χ0n) is 13.8. The molecule has 3 nitrogen and oxygen atoms in total. The first-order valence-electron chi connectivity index (χ1n) is 7.77. The third-order valence-electron chi connectivity index (χ3n) is 3.71. The summed E-state index contributed by atoms with van der Waals surface area (Å²) in [6, 6.07) is 13.0. The Kier molecular flexibility index (Phi) is 5.47. The van der Waals surface area contributed by atoms with Crippen molar-refractivity contribution in [1.29, 1.82) is 0 Å². The molecule has 0 atom stereocenters. The topological polar surface area (TPSA) is 29.5 Å². The molecule has 6 heteroatoms. The fourth-order valence-corrected chi connectivity index (χ4v) is 4.01. The summed E-state index contributed by atoms with van der Waals surface area (Å²) >= 11 is 12.8. The number of halogens is 1. The summed E-state index contributed by atoms with van der Waals surface area (Å²) in [4.78, 5) is 15.0. The molecule has 1 aliphatic heterocycles. The maximum atomic E-state index is 12.9. The number of hydrogen-bond donors (Lipinski definition) is 0. The quantitative estimate of drug-likeness (QED) is 0.513. The van der Waals surface area contributed by atoms with Crippen LogP contribution in [0.1, 0.15) is 18.1 Å². The third kappa shape index (κ3) is 3.73. The SMILES string of the molecule is CCOc1ccc(Cl)cc1/C=C1\SC(=S)N(c2ccccc2C)C1=O. The molecular formula is C19H16ClNO2S2. The van der Waals surface area contributed by atoms with Crippen molar-refractivity contribution in [1.82, 2.24) is 0 Å². The van der Waals surface area contributed by atoms with Crippen LogP contribution in [0.2, 0.25) is 5.02 Å². The fourth-order valence-electron chi connectivity index (χ4n) is 2.55. The molecule has 1 fully saturated rings. The van der Waals surface area contributed by atoms with E-state index in [1.54, 1.807) is 29.2 Å². The van der Waals surface area contributed by atoms with E-state index in [-0.39, 0.29) is 5.91 Å². The van der Waals surface area contributed by atoms with Gasteiger partial charge in [-0.25, -0.2) is 0 Å². The van der Waals surface area contributed by atoms with Crippen LogP contribution in [0.4, 0.5) is 5.69 Å². The lowest BCUT2D eigenvalue weighted by Crippen LogP contribution is -2.28. The van der Waals surface area contributed by atoms with E-state index in [9.17, 15) is 4.79 Å². The fraction of sp³-hybridized carbons (Fsp3) is 0.158. The van der Waals surface area contributed by atoms with E-state index in [4.69, 9.17) is 28.6 Å². The minimum atomic E-state index is -0.133. The number of carbonyl (C=O) groups excluding carboxylic acids is 1. The van der Waals surface area contributed by atoms with Crippen molar-refractivity contribution in [3.63, 3.8) is 0 Å². The molecule has 0 aromatic heterocycles. The number of amides is 1. The van der Waals surface area contributed by atoms with E-state index >= 15 is 0 Å².